The number of hydrogen-bond acceptors (Lipinski definition) is 3. The van der Waals surface area contributed by atoms with Gasteiger partial charge in [-0.05, 0) is 17.0 Å². The second-order valence-corrected chi connectivity index (χ2v) is 7.42. The van der Waals surface area contributed by atoms with Gasteiger partial charge in [0.2, 0.25) is 0 Å². The van der Waals surface area contributed by atoms with E-state index in [0.717, 1.165) is 26.2 Å². The summed E-state index contributed by atoms with van der Waals surface area (Å²) in [6.45, 7) is 10.6. The molecule has 4 heteroatoms. The van der Waals surface area contributed by atoms with Gasteiger partial charge < -0.3 is 4.74 Å². The molecule has 2 heterocycles. The highest BCUT2D eigenvalue weighted by molar-refractivity contribution is 5.18. The highest BCUT2D eigenvalue weighted by Gasteiger charge is 2.35. The summed E-state index contributed by atoms with van der Waals surface area (Å²) in [6.07, 6.45) is 4.24. The van der Waals surface area contributed by atoms with Crippen molar-refractivity contribution in [3.8, 4) is 0 Å². The lowest BCUT2D eigenvalue weighted by Crippen LogP contribution is -2.49. The van der Waals surface area contributed by atoms with Gasteiger partial charge >= 0.3 is 0 Å². The maximum atomic E-state index is 6.44. The van der Waals surface area contributed by atoms with Crippen LogP contribution in [0.5, 0.6) is 0 Å². The van der Waals surface area contributed by atoms with Crippen molar-refractivity contribution in [1.82, 2.24) is 14.7 Å². The third-order valence-corrected chi connectivity index (χ3v) is 4.52. The van der Waals surface area contributed by atoms with Crippen LogP contribution in [-0.2, 0) is 11.3 Å². The van der Waals surface area contributed by atoms with Gasteiger partial charge in [-0.25, -0.2) is 0 Å². The van der Waals surface area contributed by atoms with E-state index in [2.05, 4.69) is 61.1 Å². The van der Waals surface area contributed by atoms with Gasteiger partial charge in [-0.2, -0.15) is 5.10 Å². The van der Waals surface area contributed by atoms with Crippen LogP contribution in [-0.4, -0.2) is 40.4 Å². The van der Waals surface area contributed by atoms with E-state index in [1.807, 2.05) is 23.1 Å². The van der Waals surface area contributed by atoms with Crippen LogP contribution < -0.4 is 0 Å². The average molecular weight is 313 g/mol. The summed E-state index contributed by atoms with van der Waals surface area (Å²) in [5.74, 6) is 0. The van der Waals surface area contributed by atoms with Gasteiger partial charge in [-0.15, -0.1) is 0 Å². The monoisotopic (exact) mass is 313 g/mol. The van der Waals surface area contributed by atoms with Crippen molar-refractivity contribution >= 4 is 0 Å². The Morgan fingerprint density at radius 2 is 1.87 bits per heavy atom. The minimum atomic E-state index is 0.136. The average Bonchev–Trinajstić information content (AvgIpc) is 3.06. The Kier molecular flexibility index (Phi) is 4.83. The molecule has 0 bridgehead atoms. The molecule has 3 rings (SSSR count). The van der Waals surface area contributed by atoms with Crippen LogP contribution in [0.2, 0.25) is 0 Å². The smallest absolute Gasteiger partial charge is 0.0956 e. The molecule has 1 fully saturated rings. The van der Waals surface area contributed by atoms with Gasteiger partial charge in [0.25, 0.3) is 0 Å². The van der Waals surface area contributed by atoms with E-state index in [0.29, 0.717) is 0 Å². The van der Waals surface area contributed by atoms with Crippen LogP contribution in [0, 0.1) is 5.41 Å². The van der Waals surface area contributed by atoms with Crippen LogP contribution >= 0.6 is 0 Å². The molecule has 0 N–H and O–H groups in total. The van der Waals surface area contributed by atoms with Crippen molar-refractivity contribution in [2.24, 2.45) is 5.41 Å². The second kappa shape index (κ2) is 6.85. The molecule has 0 aliphatic carbocycles. The molecule has 2 aromatic rings. The van der Waals surface area contributed by atoms with Crippen LogP contribution in [0.4, 0.5) is 0 Å². The lowest BCUT2D eigenvalue weighted by Gasteiger charge is -2.43. The van der Waals surface area contributed by atoms with Gasteiger partial charge in [-0.1, -0.05) is 51.1 Å². The van der Waals surface area contributed by atoms with Crippen molar-refractivity contribution in [1.29, 1.82) is 0 Å². The first-order valence-corrected chi connectivity index (χ1v) is 8.42. The Hall–Kier alpha value is -1.65. The molecule has 1 aromatic carbocycles. The SMILES string of the molecule is CC(C)(C)[C@H]1CN(CCn2cccn2)C[C@@H](c2ccccc2)O1. The van der Waals surface area contributed by atoms with Gasteiger partial charge in [0.1, 0.15) is 0 Å². The van der Waals surface area contributed by atoms with Crippen LogP contribution in [0.1, 0.15) is 32.4 Å². The lowest BCUT2D eigenvalue weighted by atomic mass is 9.87. The maximum absolute atomic E-state index is 6.44. The van der Waals surface area contributed by atoms with E-state index in [9.17, 15) is 0 Å². The normalized spacial score (nSPS) is 23.1. The highest BCUT2D eigenvalue weighted by Crippen LogP contribution is 2.33. The first-order valence-electron chi connectivity index (χ1n) is 8.42. The third-order valence-electron chi connectivity index (χ3n) is 4.52. The van der Waals surface area contributed by atoms with E-state index >= 15 is 0 Å². The van der Waals surface area contributed by atoms with Gasteiger partial charge in [0.05, 0.1) is 18.8 Å². The van der Waals surface area contributed by atoms with Gasteiger partial charge in [0, 0.05) is 32.0 Å². The van der Waals surface area contributed by atoms with E-state index in [1.54, 1.807) is 0 Å². The first kappa shape index (κ1) is 16.2. The standard InChI is InChI=1S/C19H27N3O/c1-19(2,3)18-15-21(12-13-22-11-7-10-20-22)14-17(23-18)16-8-5-4-6-9-16/h4-11,17-18H,12-15H2,1-3H3/t17-,18+/m0/s1. The van der Waals surface area contributed by atoms with Gasteiger partial charge in [0.15, 0.2) is 0 Å². The van der Waals surface area contributed by atoms with Crippen molar-refractivity contribution < 1.29 is 4.74 Å². The van der Waals surface area contributed by atoms with Crippen molar-refractivity contribution in [3.63, 3.8) is 0 Å². The quantitative estimate of drug-likeness (QED) is 0.867. The number of rotatable bonds is 4. The van der Waals surface area contributed by atoms with E-state index < -0.39 is 0 Å². The molecule has 0 saturated carbocycles. The summed E-state index contributed by atoms with van der Waals surface area (Å²) in [4.78, 5) is 2.51. The predicted octanol–water partition coefficient (Wildman–Crippen LogP) is 3.37. The molecule has 124 valence electrons. The van der Waals surface area contributed by atoms with Crippen LogP contribution in [0.25, 0.3) is 0 Å². The molecule has 4 nitrogen and oxygen atoms in total. The number of nitrogens with zero attached hydrogens (tertiary/aromatic N) is 3. The van der Waals surface area contributed by atoms with E-state index in [4.69, 9.17) is 4.74 Å². The zero-order chi connectivity index (χ0) is 16.3. The number of ether oxygens (including phenoxy) is 1. The first-order chi connectivity index (χ1) is 11.0. The summed E-state index contributed by atoms with van der Waals surface area (Å²) in [5, 5.41) is 4.30. The van der Waals surface area contributed by atoms with Crippen molar-refractivity contribution in [3.05, 3.63) is 54.4 Å². The molecule has 0 radical (unpaired) electrons. The number of morpholine rings is 1. The van der Waals surface area contributed by atoms with Crippen molar-refractivity contribution in [2.75, 3.05) is 19.6 Å². The topological polar surface area (TPSA) is 30.3 Å². The summed E-state index contributed by atoms with van der Waals surface area (Å²) in [5.41, 5.74) is 1.41. The predicted molar refractivity (Wildman–Crippen MR) is 92.2 cm³/mol. The molecule has 0 spiro atoms. The zero-order valence-electron chi connectivity index (χ0n) is 14.4. The fourth-order valence-electron chi connectivity index (χ4n) is 3.02. The summed E-state index contributed by atoms with van der Waals surface area (Å²) < 4.78 is 8.44. The lowest BCUT2D eigenvalue weighted by molar-refractivity contribution is -0.129. The fraction of sp³-hybridized carbons (Fsp3) is 0.526. The number of benzene rings is 1. The van der Waals surface area contributed by atoms with E-state index in [1.165, 1.54) is 5.56 Å². The second-order valence-electron chi connectivity index (χ2n) is 7.42. The summed E-state index contributed by atoms with van der Waals surface area (Å²) in [6, 6.07) is 12.6. The summed E-state index contributed by atoms with van der Waals surface area (Å²) in [7, 11) is 0. The van der Waals surface area contributed by atoms with Crippen LogP contribution in [0.15, 0.2) is 48.8 Å². The molecule has 1 saturated heterocycles. The molecule has 2 atom stereocenters. The molecule has 1 aliphatic rings. The molecule has 1 aromatic heterocycles. The Bertz CT molecular complexity index is 589. The summed E-state index contributed by atoms with van der Waals surface area (Å²) >= 11 is 0. The Balaban J connectivity index is 1.71. The number of aromatic nitrogens is 2. The fourth-order valence-corrected chi connectivity index (χ4v) is 3.02. The van der Waals surface area contributed by atoms with E-state index in [-0.39, 0.29) is 17.6 Å². The molecule has 0 unspecified atom stereocenters. The zero-order valence-corrected chi connectivity index (χ0v) is 14.4. The van der Waals surface area contributed by atoms with Crippen molar-refractivity contribution in [2.45, 2.75) is 39.5 Å². The maximum Gasteiger partial charge on any atom is 0.0956 e. The molecule has 1 aliphatic heterocycles. The third kappa shape index (κ3) is 4.21. The van der Waals surface area contributed by atoms with Crippen LogP contribution in [0.3, 0.4) is 0 Å². The minimum absolute atomic E-state index is 0.136. The van der Waals surface area contributed by atoms with Gasteiger partial charge in [-0.3, -0.25) is 9.58 Å². The highest BCUT2D eigenvalue weighted by atomic mass is 16.5. The molecular formula is C19H27N3O. The Morgan fingerprint density at radius 1 is 1.09 bits per heavy atom. The Morgan fingerprint density at radius 3 is 2.52 bits per heavy atom. The number of hydrogen-bond donors (Lipinski definition) is 0. The largest absolute Gasteiger partial charge is 0.367 e. The minimum Gasteiger partial charge on any atom is -0.367 e. The molecular weight excluding hydrogens is 286 g/mol. The molecule has 23 heavy (non-hydrogen) atoms. The molecule has 0 amide bonds. The Labute approximate surface area is 139 Å².